The molecular weight excluding hydrogens is 346 g/mol. The van der Waals surface area contributed by atoms with Crippen LogP contribution < -0.4 is 0 Å². The molecule has 4 heteroatoms. The van der Waals surface area contributed by atoms with E-state index in [4.69, 9.17) is 0 Å². The molecular formula is C24H33N3O. The molecule has 150 valence electrons. The van der Waals surface area contributed by atoms with Crippen molar-refractivity contribution in [3.8, 4) is 0 Å². The molecule has 0 unspecified atom stereocenters. The fraction of sp³-hybridized carbons (Fsp3) is 0.500. The molecule has 2 aromatic rings. The Morgan fingerprint density at radius 1 is 1.14 bits per heavy atom. The molecule has 1 fully saturated rings. The molecule has 1 aliphatic rings. The third kappa shape index (κ3) is 5.65. The van der Waals surface area contributed by atoms with Crippen molar-refractivity contribution in [1.82, 2.24) is 14.8 Å². The number of amides is 1. The van der Waals surface area contributed by atoms with Gasteiger partial charge in [0, 0.05) is 50.4 Å². The van der Waals surface area contributed by atoms with Crippen molar-refractivity contribution in [3.05, 3.63) is 66.0 Å². The summed E-state index contributed by atoms with van der Waals surface area (Å²) in [5.41, 5.74) is 2.30. The highest BCUT2D eigenvalue weighted by atomic mass is 16.2. The predicted octanol–water partition coefficient (Wildman–Crippen LogP) is 4.13. The number of benzene rings is 1. The Kier molecular flexibility index (Phi) is 7.61. The van der Waals surface area contributed by atoms with Crippen LogP contribution in [-0.2, 0) is 11.2 Å². The maximum atomic E-state index is 13.3. The number of rotatable bonds is 8. The molecule has 0 saturated carbocycles. The highest BCUT2D eigenvalue weighted by molar-refractivity contribution is 5.77. The lowest BCUT2D eigenvalue weighted by molar-refractivity contribution is -0.134. The first-order chi connectivity index (χ1) is 13.7. The normalized spacial score (nSPS) is 16.6. The van der Waals surface area contributed by atoms with Crippen molar-refractivity contribution >= 4 is 5.91 Å². The quantitative estimate of drug-likeness (QED) is 0.692. The van der Waals surface area contributed by atoms with E-state index >= 15 is 0 Å². The van der Waals surface area contributed by atoms with Crippen LogP contribution in [0.15, 0.2) is 54.7 Å². The molecule has 0 spiro atoms. The maximum absolute atomic E-state index is 13.3. The summed E-state index contributed by atoms with van der Waals surface area (Å²) in [5.74, 6) is 0.518. The summed E-state index contributed by atoms with van der Waals surface area (Å²) in [5, 5.41) is 0. The molecule has 1 amide bonds. The molecule has 2 heterocycles. The van der Waals surface area contributed by atoms with E-state index in [9.17, 15) is 4.79 Å². The first-order valence-electron chi connectivity index (χ1n) is 10.6. The molecule has 4 nitrogen and oxygen atoms in total. The third-order valence-corrected chi connectivity index (χ3v) is 5.95. The van der Waals surface area contributed by atoms with Crippen molar-refractivity contribution in [2.24, 2.45) is 0 Å². The van der Waals surface area contributed by atoms with Gasteiger partial charge in [-0.25, -0.2) is 0 Å². The molecule has 1 saturated heterocycles. The van der Waals surface area contributed by atoms with E-state index in [1.165, 1.54) is 5.56 Å². The van der Waals surface area contributed by atoms with Crippen LogP contribution in [0.25, 0.3) is 0 Å². The summed E-state index contributed by atoms with van der Waals surface area (Å²) in [4.78, 5) is 22.4. The second-order valence-corrected chi connectivity index (χ2v) is 7.84. The van der Waals surface area contributed by atoms with Crippen LogP contribution in [0.5, 0.6) is 0 Å². The van der Waals surface area contributed by atoms with Gasteiger partial charge >= 0.3 is 0 Å². The minimum absolute atomic E-state index is 0.238. The lowest BCUT2D eigenvalue weighted by Crippen LogP contribution is -2.48. The molecule has 0 radical (unpaired) electrons. The first kappa shape index (κ1) is 20.5. The highest BCUT2D eigenvalue weighted by Crippen LogP contribution is 2.23. The SMILES string of the molecule is CCN1CCC(N(CCc2ccccn2)C(=O)C[C@@H](C)c2ccccc2)CC1. The average Bonchev–Trinajstić information content (AvgIpc) is 2.75. The van der Waals surface area contributed by atoms with Gasteiger partial charge in [-0.05, 0) is 43.0 Å². The zero-order valence-electron chi connectivity index (χ0n) is 17.3. The number of likely N-dealkylation sites (tertiary alicyclic amines) is 1. The second kappa shape index (κ2) is 10.4. The Labute approximate surface area is 169 Å². The van der Waals surface area contributed by atoms with E-state index in [0.717, 1.165) is 51.1 Å². The predicted molar refractivity (Wildman–Crippen MR) is 114 cm³/mol. The van der Waals surface area contributed by atoms with Gasteiger partial charge in [-0.3, -0.25) is 9.78 Å². The first-order valence-corrected chi connectivity index (χ1v) is 10.6. The topological polar surface area (TPSA) is 36.4 Å². The van der Waals surface area contributed by atoms with Crippen LogP contribution in [0.2, 0.25) is 0 Å². The Morgan fingerprint density at radius 2 is 1.86 bits per heavy atom. The third-order valence-electron chi connectivity index (χ3n) is 5.95. The number of hydrogen-bond donors (Lipinski definition) is 0. The fourth-order valence-electron chi connectivity index (χ4n) is 4.12. The molecule has 1 aromatic carbocycles. The number of pyridine rings is 1. The summed E-state index contributed by atoms with van der Waals surface area (Å²) < 4.78 is 0. The number of carbonyl (C=O) groups is 1. The van der Waals surface area contributed by atoms with E-state index in [1.54, 1.807) is 0 Å². The highest BCUT2D eigenvalue weighted by Gasteiger charge is 2.28. The number of nitrogens with zero attached hydrogens (tertiary/aromatic N) is 3. The Hall–Kier alpha value is -2.20. The Bertz CT molecular complexity index is 711. The minimum atomic E-state index is 0.238. The summed E-state index contributed by atoms with van der Waals surface area (Å²) in [6.07, 6.45) is 5.36. The zero-order chi connectivity index (χ0) is 19.8. The number of piperidine rings is 1. The number of carbonyl (C=O) groups excluding carboxylic acids is 1. The number of hydrogen-bond acceptors (Lipinski definition) is 3. The summed E-state index contributed by atoms with van der Waals surface area (Å²) in [7, 11) is 0. The van der Waals surface area contributed by atoms with Gasteiger partial charge in [-0.15, -0.1) is 0 Å². The van der Waals surface area contributed by atoms with Crippen LogP contribution in [0.4, 0.5) is 0 Å². The van der Waals surface area contributed by atoms with Gasteiger partial charge in [-0.1, -0.05) is 50.2 Å². The van der Waals surface area contributed by atoms with Crippen LogP contribution >= 0.6 is 0 Å². The smallest absolute Gasteiger partial charge is 0.223 e. The number of aromatic nitrogens is 1. The maximum Gasteiger partial charge on any atom is 0.223 e. The van der Waals surface area contributed by atoms with E-state index in [0.29, 0.717) is 12.5 Å². The Balaban J connectivity index is 1.66. The van der Waals surface area contributed by atoms with Crippen molar-refractivity contribution in [1.29, 1.82) is 0 Å². The Morgan fingerprint density at radius 3 is 2.50 bits per heavy atom. The van der Waals surface area contributed by atoms with E-state index in [2.05, 4.69) is 59.0 Å². The van der Waals surface area contributed by atoms with E-state index in [-0.39, 0.29) is 11.8 Å². The van der Waals surface area contributed by atoms with Gasteiger partial charge in [0.05, 0.1) is 0 Å². The van der Waals surface area contributed by atoms with Gasteiger partial charge in [0.25, 0.3) is 0 Å². The summed E-state index contributed by atoms with van der Waals surface area (Å²) in [6, 6.07) is 16.7. The zero-order valence-corrected chi connectivity index (χ0v) is 17.3. The molecule has 1 aromatic heterocycles. The van der Waals surface area contributed by atoms with Gasteiger partial charge < -0.3 is 9.80 Å². The van der Waals surface area contributed by atoms with Crippen LogP contribution in [0, 0.1) is 0 Å². The molecule has 0 bridgehead atoms. The van der Waals surface area contributed by atoms with Crippen LogP contribution in [-0.4, -0.2) is 52.9 Å². The van der Waals surface area contributed by atoms with Crippen LogP contribution in [0.1, 0.15) is 50.3 Å². The lowest BCUT2D eigenvalue weighted by atomic mass is 9.95. The largest absolute Gasteiger partial charge is 0.339 e. The van der Waals surface area contributed by atoms with Gasteiger partial charge in [0.1, 0.15) is 0 Å². The molecule has 1 atom stereocenters. The van der Waals surface area contributed by atoms with Gasteiger partial charge in [0.2, 0.25) is 5.91 Å². The lowest BCUT2D eigenvalue weighted by Gasteiger charge is -2.38. The van der Waals surface area contributed by atoms with Crippen molar-refractivity contribution in [2.45, 2.75) is 51.5 Å². The summed E-state index contributed by atoms with van der Waals surface area (Å²) >= 11 is 0. The molecule has 0 N–H and O–H groups in total. The monoisotopic (exact) mass is 379 g/mol. The fourth-order valence-corrected chi connectivity index (χ4v) is 4.12. The van der Waals surface area contributed by atoms with Crippen molar-refractivity contribution in [2.75, 3.05) is 26.2 Å². The summed E-state index contributed by atoms with van der Waals surface area (Å²) in [6.45, 7) is 8.40. The molecule has 28 heavy (non-hydrogen) atoms. The standard InChI is InChI=1S/C24H33N3O/c1-3-26-16-13-23(14-17-26)27(18-12-22-11-7-8-15-25-22)24(28)19-20(2)21-9-5-4-6-10-21/h4-11,15,20,23H,3,12-14,16-19H2,1-2H3/t20-/m1/s1. The average molecular weight is 380 g/mol. The molecule has 0 aliphatic carbocycles. The van der Waals surface area contributed by atoms with E-state index in [1.807, 2.05) is 24.4 Å². The van der Waals surface area contributed by atoms with Gasteiger partial charge in [-0.2, -0.15) is 0 Å². The van der Waals surface area contributed by atoms with Gasteiger partial charge in [0.15, 0.2) is 0 Å². The van der Waals surface area contributed by atoms with Crippen LogP contribution in [0.3, 0.4) is 0 Å². The van der Waals surface area contributed by atoms with E-state index < -0.39 is 0 Å². The minimum Gasteiger partial charge on any atom is -0.339 e. The van der Waals surface area contributed by atoms with Crippen molar-refractivity contribution < 1.29 is 4.79 Å². The second-order valence-electron chi connectivity index (χ2n) is 7.84. The van der Waals surface area contributed by atoms with Crippen molar-refractivity contribution in [3.63, 3.8) is 0 Å². The molecule has 1 aliphatic heterocycles. The molecule has 3 rings (SSSR count).